The van der Waals surface area contributed by atoms with Crippen molar-refractivity contribution in [2.24, 2.45) is 0 Å². The third-order valence-electron chi connectivity index (χ3n) is 5.01. The van der Waals surface area contributed by atoms with Gasteiger partial charge in [0.15, 0.2) is 0 Å². The van der Waals surface area contributed by atoms with Gasteiger partial charge in [-0.25, -0.2) is 0 Å². The lowest BCUT2D eigenvalue weighted by molar-refractivity contribution is 0.0551. The summed E-state index contributed by atoms with van der Waals surface area (Å²) in [4.78, 5) is 17.2. The number of carbonyl (C=O) groups excluding carboxylic acids is 1. The average molecular weight is 365 g/mol. The summed E-state index contributed by atoms with van der Waals surface area (Å²) in [7, 11) is 0. The summed E-state index contributed by atoms with van der Waals surface area (Å²) in [5.74, 6) is 0.168. The highest BCUT2D eigenvalue weighted by molar-refractivity contribution is 9.10. The maximum absolute atomic E-state index is 12.6. The predicted octanol–water partition coefficient (Wildman–Crippen LogP) is 3.93. The van der Waals surface area contributed by atoms with Gasteiger partial charge in [-0.1, -0.05) is 47.7 Å². The van der Waals surface area contributed by atoms with Crippen LogP contribution in [-0.2, 0) is 0 Å². The van der Waals surface area contributed by atoms with Crippen LogP contribution >= 0.6 is 15.9 Å². The SMILES string of the molecule is O=C(c1cccc(Br)c1)N1CCN(C2CCCCCC2)CC1. The van der Waals surface area contributed by atoms with Crippen molar-refractivity contribution in [2.45, 2.75) is 44.6 Å². The largest absolute Gasteiger partial charge is 0.336 e. The lowest BCUT2D eigenvalue weighted by atomic mass is 10.1. The second-order valence-corrected chi connectivity index (χ2v) is 7.40. The van der Waals surface area contributed by atoms with Crippen LogP contribution in [0.1, 0.15) is 48.9 Å². The molecule has 22 heavy (non-hydrogen) atoms. The van der Waals surface area contributed by atoms with Gasteiger partial charge < -0.3 is 4.90 Å². The number of carbonyl (C=O) groups is 1. The standard InChI is InChI=1S/C18H25BrN2O/c19-16-7-5-6-15(14-16)18(22)21-12-10-20(11-13-21)17-8-3-1-2-4-9-17/h5-7,14,17H,1-4,8-13H2. The number of piperazine rings is 1. The summed E-state index contributed by atoms with van der Waals surface area (Å²) >= 11 is 3.44. The van der Waals surface area contributed by atoms with Crippen molar-refractivity contribution < 1.29 is 4.79 Å². The lowest BCUT2D eigenvalue weighted by Gasteiger charge is -2.39. The number of amides is 1. The van der Waals surface area contributed by atoms with Crippen LogP contribution in [0.2, 0.25) is 0 Å². The molecule has 0 aromatic heterocycles. The molecule has 0 radical (unpaired) electrons. The van der Waals surface area contributed by atoms with Crippen LogP contribution < -0.4 is 0 Å². The van der Waals surface area contributed by atoms with Crippen molar-refractivity contribution in [3.05, 3.63) is 34.3 Å². The molecule has 4 heteroatoms. The first-order chi connectivity index (χ1) is 10.7. The number of nitrogens with zero attached hydrogens (tertiary/aromatic N) is 2. The van der Waals surface area contributed by atoms with Crippen LogP contribution in [0.15, 0.2) is 28.7 Å². The first kappa shape index (κ1) is 16.0. The Labute approximate surface area is 141 Å². The molecule has 1 saturated carbocycles. The van der Waals surface area contributed by atoms with E-state index < -0.39 is 0 Å². The summed E-state index contributed by atoms with van der Waals surface area (Å²) in [6.07, 6.45) is 8.25. The zero-order valence-electron chi connectivity index (χ0n) is 13.1. The van der Waals surface area contributed by atoms with Crippen LogP contribution in [0, 0.1) is 0 Å². The molecule has 0 atom stereocenters. The molecule has 3 nitrogen and oxygen atoms in total. The number of rotatable bonds is 2. The summed E-state index contributed by atoms with van der Waals surface area (Å²) in [6, 6.07) is 8.47. The quantitative estimate of drug-likeness (QED) is 0.742. The Bertz CT molecular complexity index is 504. The fraction of sp³-hybridized carbons (Fsp3) is 0.611. The van der Waals surface area contributed by atoms with Gasteiger partial charge in [0.05, 0.1) is 0 Å². The van der Waals surface area contributed by atoms with E-state index in [2.05, 4.69) is 20.8 Å². The molecule has 1 aromatic carbocycles. The fourth-order valence-corrected chi connectivity index (χ4v) is 4.12. The van der Waals surface area contributed by atoms with Gasteiger partial charge in [-0.3, -0.25) is 9.69 Å². The Hall–Kier alpha value is -0.870. The monoisotopic (exact) mass is 364 g/mol. The summed E-state index contributed by atoms with van der Waals surface area (Å²) < 4.78 is 0.968. The van der Waals surface area contributed by atoms with E-state index in [0.717, 1.165) is 42.3 Å². The highest BCUT2D eigenvalue weighted by atomic mass is 79.9. The van der Waals surface area contributed by atoms with Gasteiger partial charge in [-0.05, 0) is 31.0 Å². The molecule has 2 aliphatic rings. The zero-order valence-corrected chi connectivity index (χ0v) is 14.7. The van der Waals surface area contributed by atoms with Gasteiger partial charge in [-0.2, -0.15) is 0 Å². The molecule has 0 spiro atoms. The molecule has 1 saturated heterocycles. The highest BCUT2D eigenvalue weighted by Crippen LogP contribution is 2.23. The zero-order chi connectivity index (χ0) is 15.4. The van der Waals surface area contributed by atoms with E-state index in [1.165, 1.54) is 38.5 Å². The van der Waals surface area contributed by atoms with E-state index in [0.29, 0.717) is 0 Å². The highest BCUT2D eigenvalue weighted by Gasteiger charge is 2.26. The van der Waals surface area contributed by atoms with Crippen molar-refractivity contribution in [3.8, 4) is 0 Å². The van der Waals surface area contributed by atoms with E-state index >= 15 is 0 Å². The van der Waals surface area contributed by atoms with Crippen LogP contribution in [0.4, 0.5) is 0 Å². The van der Waals surface area contributed by atoms with Gasteiger partial charge in [0.1, 0.15) is 0 Å². The van der Waals surface area contributed by atoms with E-state index in [9.17, 15) is 4.79 Å². The third kappa shape index (κ3) is 3.90. The smallest absolute Gasteiger partial charge is 0.253 e. The molecule has 120 valence electrons. The van der Waals surface area contributed by atoms with E-state index in [1.807, 2.05) is 29.2 Å². The Morgan fingerprint density at radius 1 is 1.00 bits per heavy atom. The minimum Gasteiger partial charge on any atom is -0.336 e. The summed E-state index contributed by atoms with van der Waals surface area (Å²) in [5.41, 5.74) is 0.789. The molecule has 1 heterocycles. The molecule has 1 aromatic rings. The van der Waals surface area contributed by atoms with Crippen molar-refractivity contribution in [2.75, 3.05) is 26.2 Å². The first-order valence-corrected chi connectivity index (χ1v) is 9.32. The number of hydrogen-bond donors (Lipinski definition) is 0. The normalized spacial score (nSPS) is 21.6. The Kier molecular flexibility index (Phi) is 5.53. The Balaban J connectivity index is 1.56. The van der Waals surface area contributed by atoms with Crippen LogP contribution in [-0.4, -0.2) is 47.9 Å². The Morgan fingerprint density at radius 2 is 1.68 bits per heavy atom. The third-order valence-corrected chi connectivity index (χ3v) is 5.51. The molecule has 0 N–H and O–H groups in total. The molecular formula is C18H25BrN2O. The topological polar surface area (TPSA) is 23.6 Å². The van der Waals surface area contributed by atoms with Crippen LogP contribution in [0.3, 0.4) is 0 Å². The number of benzene rings is 1. The van der Waals surface area contributed by atoms with Gasteiger partial charge in [-0.15, -0.1) is 0 Å². The molecule has 1 aliphatic carbocycles. The van der Waals surface area contributed by atoms with Crippen molar-refractivity contribution in [3.63, 3.8) is 0 Å². The number of halogens is 1. The maximum atomic E-state index is 12.6. The van der Waals surface area contributed by atoms with E-state index in [4.69, 9.17) is 0 Å². The van der Waals surface area contributed by atoms with Gasteiger partial charge in [0.25, 0.3) is 5.91 Å². The second kappa shape index (κ2) is 7.60. The van der Waals surface area contributed by atoms with E-state index in [1.54, 1.807) is 0 Å². The molecule has 1 amide bonds. The fourth-order valence-electron chi connectivity index (χ4n) is 3.72. The molecule has 2 fully saturated rings. The van der Waals surface area contributed by atoms with Crippen molar-refractivity contribution >= 4 is 21.8 Å². The lowest BCUT2D eigenvalue weighted by Crippen LogP contribution is -2.51. The van der Waals surface area contributed by atoms with Gasteiger partial charge in [0.2, 0.25) is 0 Å². The van der Waals surface area contributed by atoms with Crippen molar-refractivity contribution in [1.82, 2.24) is 9.80 Å². The van der Waals surface area contributed by atoms with Crippen LogP contribution in [0.25, 0.3) is 0 Å². The second-order valence-electron chi connectivity index (χ2n) is 6.48. The summed E-state index contributed by atoms with van der Waals surface area (Å²) in [6.45, 7) is 3.79. The molecule has 3 rings (SSSR count). The molecular weight excluding hydrogens is 340 g/mol. The number of hydrogen-bond acceptors (Lipinski definition) is 2. The summed E-state index contributed by atoms with van der Waals surface area (Å²) in [5, 5.41) is 0. The maximum Gasteiger partial charge on any atom is 0.253 e. The minimum atomic E-state index is 0.168. The molecule has 1 aliphatic heterocycles. The minimum absolute atomic E-state index is 0.168. The van der Waals surface area contributed by atoms with Gasteiger partial charge in [0, 0.05) is 42.3 Å². The molecule has 0 unspecified atom stereocenters. The average Bonchev–Trinajstić information content (AvgIpc) is 2.84. The van der Waals surface area contributed by atoms with E-state index in [-0.39, 0.29) is 5.91 Å². The Morgan fingerprint density at radius 3 is 2.32 bits per heavy atom. The van der Waals surface area contributed by atoms with Crippen LogP contribution in [0.5, 0.6) is 0 Å². The van der Waals surface area contributed by atoms with Gasteiger partial charge >= 0.3 is 0 Å². The molecule has 0 bridgehead atoms. The predicted molar refractivity (Wildman–Crippen MR) is 93.1 cm³/mol. The first-order valence-electron chi connectivity index (χ1n) is 8.53. The van der Waals surface area contributed by atoms with Crippen molar-refractivity contribution in [1.29, 1.82) is 0 Å².